The second kappa shape index (κ2) is 7.29. The molecule has 3 heterocycles. The molecular formula is C19H21N5OS. The van der Waals surface area contributed by atoms with Crippen molar-refractivity contribution in [2.45, 2.75) is 13.5 Å². The van der Waals surface area contributed by atoms with Crippen LogP contribution in [0.3, 0.4) is 0 Å². The zero-order valence-electron chi connectivity index (χ0n) is 14.7. The van der Waals surface area contributed by atoms with Crippen molar-refractivity contribution in [1.29, 1.82) is 0 Å². The molecule has 1 aliphatic rings. The van der Waals surface area contributed by atoms with Crippen LogP contribution in [0.15, 0.2) is 48.1 Å². The summed E-state index contributed by atoms with van der Waals surface area (Å²) < 4.78 is 1.82. The monoisotopic (exact) mass is 367 g/mol. The van der Waals surface area contributed by atoms with Gasteiger partial charge in [-0.3, -0.25) is 9.48 Å². The van der Waals surface area contributed by atoms with E-state index in [1.807, 2.05) is 40.9 Å². The van der Waals surface area contributed by atoms with E-state index in [0.29, 0.717) is 25.2 Å². The number of hydrogen-bond acceptors (Lipinski definition) is 5. The largest absolute Gasteiger partial charge is 0.345 e. The summed E-state index contributed by atoms with van der Waals surface area (Å²) in [6.45, 7) is 5.73. The lowest BCUT2D eigenvalue weighted by molar-refractivity contribution is 0.0746. The molecule has 0 atom stereocenters. The number of thiazole rings is 1. The van der Waals surface area contributed by atoms with Crippen molar-refractivity contribution in [1.82, 2.24) is 19.7 Å². The van der Waals surface area contributed by atoms with Gasteiger partial charge in [0.25, 0.3) is 5.91 Å². The Morgan fingerprint density at radius 1 is 1.15 bits per heavy atom. The molecule has 0 spiro atoms. The van der Waals surface area contributed by atoms with Crippen LogP contribution in [0.4, 0.5) is 5.13 Å². The molecule has 1 amide bonds. The van der Waals surface area contributed by atoms with Crippen LogP contribution in [0.5, 0.6) is 0 Å². The van der Waals surface area contributed by atoms with E-state index in [9.17, 15) is 4.79 Å². The van der Waals surface area contributed by atoms with Gasteiger partial charge in [-0.1, -0.05) is 30.3 Å². The topological polar surface area (TPSA) is 54.3 Å². The SMILES string of the molecule is Cc1csc(N2CCN(C(=O)c3cnn(Cc4ccccc4)c3)CC2)n1. The highest BCUT2D eigenvalue weighted by molar-refractivity contribution is 7.13. The Labute approximate surface area is 156 Å². The molecule has 134 valence electrons. The zero-order chi connectivity index (χ0) is 17.9. The highest BCUT2D eigenvalue weighted by atomic mass is 32.1. The van der Waals surface area contributed by atoms with Gasteiger partial charge in [-0.15, -0.1) is 11.3 Å². The fourth-order valence-electron chi connectivity index (χ4n) is 3.10. The standard InChI is InChI=1S/C19H21N5OS/c1-15-14-26-19(21-15)23-9-7-22(8-10-23)18(25)17-11-20-24(13-17)12-16-5-3-2-4-6-16/h2-6,11,13-14H,7-10,12H2,1H3. The molecule has 2 aromatic heterocycles. The van der Waals surface area contributed by atoms with E-state index in [2.05, 4.69) is 32.5 Å². The van der Waals surface area contributed by atoms with Gasteiger partial charge < -0.3 is 9.80 Å². The molecule has 26 heavy (non-hydrogen) atoms. The summed E-state index contributed by atoms with van der Waals surface area (Å²) in [5.41, 5.74) is 2.87. The molecule has 0 saturated carbocycles. The predicted molar refractivity (Wildman–Crippen MR) is 103 cm³/mol. The summed E-state index contributed by atoms with van der Waals surface area (Å²) in [6.07, 6.45) is 3.51. The minimum absolute atomic E-state index is 0.0549. The summed E-state index contributed by atoms with van der Waals surface area (Å²) >= 11 is 1.66. The molecule has 0 N–H and O–H groups in total. The van der Waals surface area contributed by atoms with E-state index >= 15 is 0 Å². The van der Waals surface area contributed by atoms with Crippen LogP contribution in [0.2, 0.25) is 0 Å². The van der Waals surface area contributed by atoms with Crippen molar-refractivity contribution in [3.63, 3.8) is 0 Å². The van der Waals surface area contributed by atoms with Crippen LogP contribution in [-0.2, 0) is 6.54 Å². The molecule has 1 fully saturated rings. The van der Waals surface area contributed by atoms with Crippen molar-refractivity contribution in [2.24, 2.45) is 0 Å². The minimum Gasteiger partial charge on any atom is -0.345 e. The molecule has 1 saturated heterocycles. The first kappa shape index (κ1) is 16.8. The van der Waals surface area contributed by atoms with Gasteiger partial charge in [0.15, 0.2) is 5.13 Å². The Morgan fingerprint density at radius 2 is 1.92 bits per heavy atom. The Kier molecular flexibility index (Phi) is 4.71. The smallest absolute Gasteiger partial charge is 0.257 e. The third-order valence-electron chi connectivity index (χ3n) is 4.51. The van der Waals surface area contributed by atoms with Crippen molar-refractivity contribution in [3.05, 3.63) is 64.9 Å². The number of nitrogens with zero attached hydrogens (tertiary/aromatic N) is 5. The Balaban J connectivity index is 1.36. The van der Waals surface area contributed by atoms with Gasteiger partial charge in [-0.25, -0.2) is 4.98 Å². The summed E-state index contributed by atoms with van der Waals surface area (Å²) in [5.74, 6) is 0.0549. The molecule has 6 nitrogen and oxygen atoms in total. The van der Waals surface area contributed by atoms with Gasteiger partial charge in [0.1, 0.15) is 0 Å². The van der Waals surface area contributed by atoms with E-state index in [0.717, 1.165) is 23.9 Å². The molecular weight excluding hydrogens is 346 g/mol. The van der Waals surface area contributed by atoms with E-state index in [1.54, 1.807) is 17.5 Å². The van der Waals surface area contributed by atoms with Crippen LogP contribution >= 0.6 is 11.3 Å². The highest BCUT2D eigenvalue weighted by Gasteiger charge is 2.24. The molecule has 1 aliphatic heterocycles. The number of carbonyl (C=O) groups is 1. The van der Waals surface area contributed by atoms with Gasteiger partial charge in [0.05, 0.1) is 24.0 Å². The molecule has 0 radical (unpaired) electrons. The fourth-order valence-corrected chi connectivity index (χ4v) is 3.96. The van der Waals surface area contributed by atoms with E-state index < -0.39 is 0 Å². The molecule has 0 bridgehead atoms. The number of aryl methyl sites for hydroxylation is 1. The van der Waals surface area contributed by atoms with E-state index in [1.165, 1.54) is 5.56 Å². The first-order chi connectivity index (χ1) is 12.7. The number of rotatable bonds is 4. The maximum Gasteiger partial charge on any atom is 0.257 e. The molecule has 0 aliphatic carbocycles. The molecule has 0 unspecified atom stereocenters. The summed E-state index contributed by atoms with van der Waals surface area (Å²) in [4.78, 5) is 21.4. The second-order valence-corrected chi connectivity index (χ2v) is 7.30. The van der Waals surface area contributed by atoms with Crippen molar-refractivity contribution >= 4 is 22.4 Å². The summed E-state index contributed by atoms with van der Waals surface area (Å²) in [5, 5.41) is 7.45. The average Bonchev–Trinajstić information content (AvgIpc) is 3.31. The number of benzene rings is 1. The number of aromatic nitrogens is 3. The first-order valence-electron chi connectivity index (χ1n) is 8.72. The maximum absolute atomic E-state index is 12.8. The highest BCUT2D eigenvalue weighted by Crippen LogP contribution is 2.21. The van der Waals surface area contributed by atoms with Gasteiger partial charge in [-0.2, -0.15) is 5.10 Å². The van der Waals surface area contributed by atoms with E-state index in [4.69, 9.17) is 0 Å². The zero-order valence-corrected chi connectivity index (χ0v) is 15.5. The molecule has 7 heteroatoms. The molecule has 4 rings (SSSR count). The lowest BCUT2D eigenvalue weighted by atomic mass is 10.2. The van der Waals surface area contributed by atoms with Crippen LogP contribution in [-0.4, -0.2) is 51.8 Å². The number of anilines is 1. The predicted octanol–water partition coefficient (Wildman–Crippen LogP) is 2.66. The van der Waals surface area contributed by atoms with Gasteiger partial charge >= 0.3 is 0 Å². The lowest BCUT2D eigenvalue weighted by Gasteiger charge is -2.34. The van der Waals surface area contributed by atoms with Crippen molar-refractivity contribution in [3.8, 4) is 0 Å². The average molecular weight is 367 g/mol. The summed E-state index contributed by atoms with van der Waals surface area (Å²) in [6, 6.07) is 10.1. The third-order valence-corrected chi connectivity index (χ3v) is 5.53. The third kappa shape index (κ3) is 3.62. The van der Waals surface area contributed by atoms with Crippen LogP contribution in [0.25, 0.3) is 0 Å². The number of amides is 1. The van der Waals surface area contributed by atoms with Gasteiger partial charge in [0, 0.05) is 37.8 Å². The van der Waals surface area contributed by atoms with Gasteiger partial charge in [-0.05, 0) is 12.5 Å². The van der Waals surface area contributed by atoms with Crippen molar-refractivity contribution in [2.75, 3.05) is 31.1 Å². The number of hydrogen-bond donors (Lipinski definition) is 0. The van der Waals surface area contributed by atoms with Crippen LogP contribution in [0.1, 0.15) is 21.6 Å². The van der Waals surface area contributed by atoms with Crippen LogP contribution < -0.4 is 4.90 Å². The molecule has 3 aromatic rings. The normalized spacial score (nSPS) is 14.7. The van der Waals surface area contributed by atoms with Crippen molar-refractivity contribution < 1.29 is 4.79 Å². The number of piperazine rings is 1. The summed E-state index contributed by atoms with van der Waals surface area (Å²) in [7, 11) is 0. The Morgan fingerprint density at radius 3 is 2.62 bits per heavy atom. The van der Waals surface area contributed by atoms with Gasteiger partial charge in [0.2, 0.25) is 0 Å². The maximum atomic E-state index is 12.8. The molecule has 1 aromatic carbocycles. The quantitative estimate of drug-likeness (QED) is 0.711. The fraction of sp³-hybridized carbons (Fsp3) is 0.316. The Bertz CT molecular complexity index is 880. The first-order valence-corrected chi connectivity index (χ1v) is 9.60. The number of carbonyl (C=O) groups excluding carboxylic acids is 1. The minimum atomic E-state index is 0.0549. The van der Waals surface area contributed by atoms with Crippen LogP contribution in [0, 0.1) is 6.92 Å². The lowest BCUT2D eigenvalue weighted by Crippen LogP contribution is -2.48. The Hall–Kier alpha value is -2.67. The van der Waals surface area contributed by atoms with E-state index in [-0.39, 0.29) is 5.91 Å². The second-order valence-electron chi connectivity index (χ2n) is 6.46.